The molecule has 0 saturated carbocycles. The number of hydrogen-bond donors (Lipinski definition) is 2. The second kappa shape index (κ2) is 8.43. The van der Waals surface area contributed by atoms with Crippen LogP contribution in [0.4, 0.5) is 5.69 Å². The number of anilines is 1. The van der Waals surface area contributed by atoms with Crippen molar-refractivity contribution in [2.75, 3.05) is 5.32 Å². The van der Waals surface area contributed by atoms with Gasteiger partial charge in [-0.2, -0.15) is 0 Å². The van der Waals surface area contributed by atoms with E-state index < -0.39 is 0 Å². The molecule has 0 saturated heterocycles. The van der Waals surface area contributed by atoms with Crippen molar-refractivity contribution in [3.63, 3.8) is 0 Å². The van der Waals surface area contributed by atoms with Gasteiger partial charge >= 0.3 is 0 Å². The molecule has 5 nitrogen and oxygen atoms in total. The Hall–Kier alpha value is -2.95. The molecule has 0 spiro atoms. The van der Waals surface area contributed by atoms with E-state index in [1.54, 1.807) is 24.4 Å². The third-order valence-electron chi connectivity index (χ3n) is 4.13. The fraction of sp³-hybridized carbons (Fsp3) is 0.286. The molecular weight excluding hydrogens is 326 g/mol. The fourth-order valence-electron chi connectivity index (χ4n) is 2.08. The quantitative estimate of drug-likeness (QED) is 0.802. The first kappa shape index (κ1) is 19.4. The second-order valence-electron chi connectivity index (χ2n) is 7.19. The van der Waals surface area contributed by atoms with Gasteiger partial charge in [0.1, 0.15) is 0 Å². The molecule has 26 heavy (non-hydrogen) atoms. The molecule has 2 amide bonds. The number of allylic oxidation sites excluding steroid dienone is 1. The average Bonchev–Trinajstić information content (AvgIpc) is 2.60. The molecule has 2 N–H and O–H groups in total. The van der Waals surface area contributed by atoms with Crippen molar-refractivity contribution in [3.8, 4) is 0 Å². The zero-order chi connectivity index (χ0) is 19.2. The lowest BCUT2D eigenvalue weighted by atomic mass is 9.87. The van der Waals surface area contributed by atoms with Crippen LogP contribution in [0.3, 0.4) is 0 Å². The number of carbonyl (C=O) groups excluding carboxylic acids is 2. The molecule has 2 aromatic rings. The summed E-state index contributed by atoms with van der Waals surface area (Å²) >= 11 is 0. The van der Waals surface area contributed by atoms with Gasteiger partial charge in [0, 0.05) is 30.7 Å². The smallest absolute Gasteiger partial charge is 0.253 e. The van der Waals surface area contributed by atoms with Gasteiger partial charge in [0.25, 0.3) is 5.91 Å². The maximum Gasteiger partial charge on any atom is 0.253 e. The van der Waals surface area contributed by atoms with Crippen LogP contribution >= 0.6 is 0 Å². The summed E-state index contributed by atoms with van der Waals surface area (Å²) < 4.78 is 0. The maximum atomic E-state index is 12.1. The number of rotatable bonds is 5. The van der Waals surface area contributed by atoms with Crippen LogP contribution in [0.1, 0.15) is 43.6 Å². The molecule has 0 unspecified atom stereocenters. The van der Waals surface area contributed by atoms with Gasteiger partial charge in [-0.25, -0.2) is 0 Å². The van der Waals surface area contributed by atoms with Gasteiger partial charge in [-0.3, -0.25) is 14.6 Å². The number of amides is 2. The Balaban J connectivity index is 1.90. The Morgan fingerprint density at radius 2 is 1.81 bits per heavy atom. The minimum absolute atomic E-state index is 0.0340. The highest BCUT2D eigenvalue weighted by atomic mass is 16.2. The first-order valence-corrected chi connectivity index (χ1v) is 8.52. The summed E-state index contributed by atoms with van der Waals surface area (Å²) in [5.41, 5.74) is 3.17. The summed E-state index contributed by atoms with van der Waals surface area (Å²) in [6.07, 6.45) is 4.78. The second-order valence-corrected chi connectivity index (χ2v) is 7.19. The normalized spacial score (nSPS) is 11.8. The van der Waals surface area contributed by atoms with Gasteiger partial charge in [0.2, 0.25) is 5.91 Å². The molecule has 0 fully saturated rings. The third kappa shape index (κ3) is 5.84. The summed E-state index contributed by atoms with van der Waals surface area (Å²) in [5, 5.41) is 5.69. The van der Waals surface area contributed by atoms with Crippen molar-refractivity contribution >= 4 is 17.5 Å². The average molecular weight is 351 g/mol. The molecule has 0 bridgehead atoms. The number of pyridine rings is 1. The number of aromatic nitrogens is 1. The number of nitrogens with one attached hydrogen (secondary N) is 2. The van der Waals surface area contributed by atoms with Crippen LogP contribution in [0, 0.1) is 5.41 Å². The first-order valence-electron chi connectivity index (χ1n) is 8.52. The lowest BCUT2D eigenvalue weighted by Gasteiger charge is -2.19. The molecule has 1 heterocycles. The van der Waals surface area contributed by atoms with Crippen LogP contribution in [-0.2, 0) is 11.3 Å². The lowest BCUT2D eigenvalue weighted by Crippen LogP contribution is -2.22. The molecule has 2 rings (SSSR count). The monoisotopic (exact) mass is 351 g/mol. The van der Waals surface area contributed by atoms with E-state index in [2.05, 4.69) is 36.4 Å². The van der Waals surface area contributed by atoms with E-state index >= 15 is 0 Å². The van der Waals surface area contributed by atoms with Gasteiger partial charge in [-0.05, 0) is 42.2 Å². The highest BCUT2D eigenvalue weighted by Gasteiger charge is 2.13. The number of carbonyl (C=O) groups is 2. The van der Waals surface area contributed by atoms with Crippen LogP contribution in [0.25, 0.3) is 0 Å². The van der Waals surface area contributed by atoms with E-state index in [-0.39, 0.29) is 17.2 Å². The SMILES string of the molecule is C/C(=C\C(=O)Nc1ccc(CNC(=O)c2cccnc2)cc1)C(C)(C)C. The van der Waals surface area contributed by atoms with Gasteiger partial charge in [-0.1, -0.05) is 38.5 Å². The van der Waals surface area contributed by atoms with E-state index in [9.17, 15) is 9.59 Å². The first-order chi connectivity index (χ1) is 12.3. The summed E-state index contributed by atoms with van der Waals surface area (Å²) in [5.74, 6) is -0.312. The van der Waals surface area contributed by atoms with E-state index in [1.807, 2.05) is 31.2 Å². The molecule has 0 aliphatic carbocycles. The van der Waals surface area contributed by atoms with Crippen LogP contribution in [0.2, 0.25) is 0 Å². The largest absolute Gasteiger partial charge is 0.348 e. The highest BCUT2D eigenvalue weighted by molar-refractivity contribution is 5.99. The molecule has 0 atom stereocenters. The molecule has 0 aliphatic rings. The minimum atomic E-state index is -0.168. The maximum absolute atomic E-state index is 12.1. The van der Waals surface area contributed by atoms with Crippen LogP contribution < -0.4 is 10.6 Å². The molecule has 136 valence electrons. The summed E-state index contributed by atoms with van der Waals surface area (Å²) in [6.45, 7) is 8.57. The van der Waals surface area contributed by atoms with Crippen molar-refractivity contribution in [1.29, 1.82) is 0 Å². The fourth-order valence-corrected chi connectivity index (χ4v) is 2.08. The summed E-state index contributed by atoms with van der Waals surface area (Å²) in [7, 11) is 0. The van der Waals surface area contributed by atoms with Crippen LogP contribution in [0.15, 0.2) is 60.4 Å². The number of hydrogen-bond acceptors (Lipinski definition) is 3. The number of nitrogens with zero attached hydrogens (tertiary/aromatic N) is 1. The third-order valence-corrected chi connectivity index (χ3v) is 4.13. The van der Waals surface area contributed by atoms with Crippen LogP contribution in [-0.4, -0.2) is 16.8 Å². The minimum Gasteiger partial charge on any atom is -0.348 e. The predicted octanol–water partition coefficient (Wildman–Crippen LogP) is 3.94. The molecule has 1 aromatic carbocycles. The number of benzene rings is 1. The van der Waals surface area contributed by atoms with Crippen LogP contribution in [0.5, 0.6) is 0 Å². The Morgan fingerprint density at radius 1 is 1.12 bits per heavy atom. The highest BCUT2D eigenvalue weighted by Crippen LogP contribution is 2.24. The van der Waals surface area contributed by atoms with E-state index in [1.165, 1.54) is 6.20 Å². The Kier molecular flexibility index (Phi) is 6.28. The van der Waals surface area contributed by atoms with Gasteiger partial charge < -0.3 is 10.6 Å². The van der Waals surface area contributed by atoms with E-state index in [4.69, 9.17) is 0 Å². The van der Waals surface area contributed by atoms with Gasteiger partial charge in [-0.15, -0.1) is 0 Å². The standard InChI is InChI=1S/C21H25N3O2/c1-15(21(2,3)4)12-19(25)24-18-9-7-16(8-10-18)13-23-20(26)17-6-5-11-22-14-17/h5-12,14H,13H2,1-4H3,(H,23,26)(H,24,25)/b15-12+. The zero-order valence-corrected chi connectivity index (χ0v) is 15.7. The Labute approximate surface area is 154 Å². The zero-order valence-electron chi connectivity index (χ0n) is 15.7. The summed E-state index contributed by atoms with van der Waals surface area (Å²) in [4.78, 5) is 28.0. The Morgan fingerprint density at radius 3 is 2.38 bits per heavy atom. The van der Waals surface area contributed by atoms with Crippen molar-refractivity contribution in [2.45, 2.75) is 34.2 Å². The Bertz CT molecular complexity index is 788. The molecule has 0 radical (unpaired) electrons. The van der Waals surface area contributed by atoms with Crippen molar-refractivity contribution in [1.82, 2.24) is 10.3 Å². The molecular formula is C21H25N3O2. The van der Waals surface area contributed by atoms with Crippen molar-refractivity contribution in [3.05, 3.63) is 71.6 Å². The van der Waals surface area contributed by atoms with E-state index in [0.29, 0.717) is 12.1 Å². The van der Waals surface area contributed by atoms with Gasteiger partial charge in [0.15, 0.2) is 0 Å². The molecule has 5 heteroatoms. The topological polar surface area (TPSA) is 71.1 Å². The molecule has 1 aromatic heterocycles. The van der Waals surface area contributed by atoms with E-state index in [0.717, 1.165) is 16.8 Å². The summed E-state index contributed by atoms with van der Waals surface area (Å²) in [6, 6.07) is 10.8. The molecule has 0 aliphatic heterocycles. The van der Waals surface area contributed by atoms with Gasteiger partial charge in [0.05, 0.1) is 5.56 Å². The lowest BCUT2D eigenvalue weighted by molar-refractivity contribution is -0.112. The van der Waals surface area contributed by atoms with Crippen molar-refractivity contribution in [2.24, 2.45) is 5.41 Å². The predicted molar refractivity (Wildman–Crippen MR) is 104 cm³/mol. The van der Waals surface area contributed by atoms with Crippen molar-refractivity contribution < 1.29 is 9.59 Å².